The minimum atomic E-state index is -1.91. The van der Waals surface area contributed by atoms with Crippen LogP contribution in [0.4, 0.5) is 0 Å². The van der Waals surface area contributed by atoms with Gasteiger partial charge in [-0.05, 0) is 18.9 Å². The fourth-order valence-corrected chi connectivity index (χ4v) is 5.99. The second-order valence-electron chi connectivity index (χ2n) is 11.6. The van der Waals surface area contributed by atoms with Crippen LogP contribution in [-0.2, 0) is 23.7 Å². The molecule has 19 unspecified atom stereocenters. The summed E-state index contributed by atoms with van der Waals surface area (Å²) in [4.78, 5) is 0. The Labute approximate surface area is 252 Å². The zero-order valence-corrected chi connectivity index (χ0v) is 24.1. The summed E-state index contributed by atoms with van der Waals surface area (Å²) < 4.78 is 27.5. The predicted octanol–water partition coefficient (Wildman–Crippen LogP) is -7.15. The van der Waals surface area contributed by atoms with Crippen LogP contribution in [-0.4, -0.2) is 191 Å². The topological polar surface area (TPSA) is 301 Å². The average Bonchev–Trinajstić information content (AvgIpc) is 3.00. The van der Waals surface area contributed by atoms with Crippen LogP contribution in [0.2, 0.25) is 0 Å². The van der Waals surface area contributed by atoms with Gasteiger partial charge in [-0.2, -0.15) is 0 Å². The fraction of sp³-hybridized carbons (Fsp3) is 0.923. The van der Waals surface area contributed by atoms with E-state index in [1.54, 1.807) is 6.92 Å². The van der Waals surface area contributed by atoms with E-state index in [0.717, 1.165) is 0 Å². The Hall–Kier alpha value is -0.980. The fourth-order valence-electron chi connectivity index (χ4n) is 5.99. The van der Waals surface area contributed by atoms with Crippen LogP contribution in [0.25, 0.3) is 0 Å². The largest absolute Gasteiger partial charge is 0.394 e. The molecule has 3 fully saturated rings. The van der Waals surface area contributed by atoms with Crippen molar-refractivity contribution in [2.24, 2.45) is 0 Å². The third-order valence-electron chi connectivity index (χ3n) is 8.70. The van der Waals surface area contributed by atoms with E-state index in [9.17, 15) is 61.3 Å². The molecule has 4 rings (SSSR count). The van der Waals surface area contributed by atoms with Crippen LogP contribution in [0.5, 0.6) is 0 Å². The number of ether oxygens (including phenoxy) is 5. The monoisotopic (exact) mass is 643 g/mol. The lowest BCUT2D eigenvalue weighted by Crippen LogP contribution is -2.68. The third-order valence-corrected chi connectivity index (χ3v) is 8.70. The Bertz CT molecular complexity index is 958. The SMILES string of the molecule is CCC1=CC(NC2C(C)OC(OC3C(CO)OC(OC4C(CO)OC(O)C(O)C4O)C(O)C3O)C(O)C2O)C(O)C(O)C1O. The zero-order chi connectivity index (χ0) is 32.6. The van der Waals surface area contributed by atoms with Gasteiger partial charge in [0.2, 0.25) is 0 Å². The lowest BCUT2D eigenvalue weighted by Gasteiger charge is -2.48. The summed E-state index contributed by atoms with van der Waals surface area (Å²) in [5.41, 5.74) is 0.467. The van der Waals surface area contributed by atoms with Gasteiger partial charge in [0.25, 0.3) is 0 Å². The van der Waals surface area contributed by atoms with E-state index in [2.05, 4.69) is 5.32 Å². The van der Waals surface area contributed by atoms with Crippen molar-refractivity contribution >= 4 is 0 Å². The van der Waals surface area contributed by atoms with Gasteiger partial charge in [0.15, 0.2) is 18.9 Å². The van der Waals surface area contributed by atoms with E-state index in [0.29, 0.717) is 12.0 Å². The molecule has 0 aromatic rings. The molecule has 256 valence electrons. The quantitative estimate of drug-likeness (QED) is 0.104. The van der Waals surface area contributed by atoms with Gasteiger partial charge in [-0.1, -0.05) is 13.0 Å². The standard InChI is InChI=1S/C26H45NO17/c1-3-8-4-9(14(31)16(33)13(8)30)27-12-7(2)40-25(20(37)15(12)32)43-23-11(6-29)42-26(21(38)18(23)35)44-22-10(5-28)41-24(39)19(36)17(22)34/h4,7,9-39H,3,5-6H2,1-2H3. The van der Waals surface area contributed by atoms with Crippen LogP contribution in [0.3, 0.4) is 0 Å². The summed E-state index contributed by atoms with van der Waals surface area (Å²) in [7, 11) is 0. The van der Waals surface area contributed by atoms with Gasteiger partial charge in [-0.25, -0.2) is 0 Å². The van der Waals surface area contributed by atoms with Crippen molar-refractivity contribution in [2.45, 2.75) is 137 Å². The maximum Gasteiger partial charge on any atom is 0.187 e. The van der Waals surface area contributed by atoms with Crippen molar-refractivity contribution in [3.8, 4) is 0 Å². The molecule has 0 amide bonds. The van der Waals surface area contributed by atoms with E-state index < -0.39 is 130 Å². The van der Waals surface area contributed by atoms with Gasteiger partial charge in [0, 0.05) is 0 Å². The Morgan fingerprint density at radius 1 is 0.659 bits per heavy atom. The number of hydrogen-bond acceptors (Lipinski definition) is 18. The van der Waals surface area contributed by atoms with Gasteiger partial charge >= 0.3 is 0 Å². The smallest absolute Gasteiger partial charge is 0.187 e. The molecule has 3 heterocycles. The van der Waals surface area contributed by atoms with E-state index >= 15 is 0 Å². The second-order valence-corrected chi connectivity index (χ2v) is 11.6. The maximum absolute atomic E-state index is 11.0. The van der Waals surface area contributed by atoms with Crippen LogP contribution >= 0.6 is 0 Å². The summed E-state index contributed by atoms with van der Waals surface area (Å²) in [6, 6.07) is -1.93. The molecule has 1 aliphatic carbocycles. The van der Waals surface area contributed by atoms with E-state index in [1.807, 2.05) is 0 Å². The summed E-state index contributed by atoms with van der Waals surface area (Å²) in [5, 5.41) is 127. The summed E-state index contributed by atoms with van der Waals surface area (Å²) >= 11 is 0. The second kappa shape index (κ2) is 14.8. The van der Waals surface area contributed by atoms with Crippen molar-refractivity contribution < 1.29 is 85.0 Å². The highest BCUT2D eigenvalue weighted by Crippen LogP contribution is 2.33. The molecule has 44 heavy (non-hydrogen) atoms. The van der Waals surface area contributed by atoms with Gasteiger partial charge in [-0.15, -0.1) is 0 Å². The third kappa shape index (κ3) is 6.98. The van der Waals surface area contributed by atoms with Crippen LogP contribution in [0, 0.1) is 0 Å². The molecule has 0 radical (unpaired) electrons. The van der Waals surface area contributed by atoms with Crippen LogP contribution in [0.1, 0.15) is 20.3 Å². The van der Waals surface area contributed by atoms with Gasteiger partial charge in [-0.3, -0.25) is 0 Å². The van der Waals surface area contributed by atoms with Gasteiger partial charge < -0.3 is 90.3 Å². The lowest BCUT2D eigenvalue weighted by atomic mass is 9.85. The van der Waals surface area contributed by atoms with Crippen molar-refractivity contribution in [3.63, 3.8) is 0 Å². The molecule has 3 aliphatic heterocycles. The molecule has 18 heteroatoms. The molecular weight excluding hydrogens is 598 g/mol. The van der Waals surface area contributed by atoms with E-state index in [-0.39, 0.29) is 0 Å². The summed E-state index contributed by atoms with van der Waals surface area (Å²) in [6.07, 6.45) is -25.0. The number of rotatable bonds is 9. The highest BCUT2D eigenvalue weighted by Gasteiger charge is 2.53. The highest BCUT2D eigenvalue weighted by atomic mass is 16.7. The number of aliphatic hydroxyl groups is 12. The Morgan fingerprint density at radius 2 is 1.18 bits per heavy atom. The Kier molecular flexibility index (Phi) is 12.1. The molecule has 0 saturated carbocycles. The summed E-state index contributed by atoms with van der Waals surface area (Å²) in [6.45, 7) is 1.70. The van der Waals surface area contributed by atoms with Crippen molar-refractivity contribution in [1.82, 2.24) is 5.32 Å². The number of hydrogen-bond donors (Lipinski definition) is 13. The Morgan fingerprint density at radius 3 is 1.75 bits per heavy atom. The number of nitrogens with one attached hydrogen (secondary N) is 1. The molecule has 3 saturated heterocycles. The van der Waals surface area contributed by atoms with Gasteiger partial charge in [0.1, 0.15) is 79.4 Å². The normalized spacial score (nSPS) is 52.0. The van der Waals surface area contributed by atoms with Crippen LogP contribution < -0.4 is 5.32 Å². The first-order valence-corrected chi connectivity index (χ1v) is 14.5. The predicted molar refractivity (Wildman–Crippen MR) is 141 cm³/mol. The molecule has 18 nitrogen and oxygen atoms in total. The average molecular weight is 644 g/mol. The van der Waals surface area contributed by atoms with Crippen molar-refractivity contribution in [2.75, 3.05) is 13.2 Å². The maximum atomic E-state index is 11.0. The first-order valence-electron chi connectivity index (χ1n) is 14.5. The molecule has 4 aliphatic rings. The first-order chi connectivity index (χ1) is 20.7. The molecule has 0 aromatic heterocycles. The van der Waals surface area contributed by atoms with Crippen molar-refractivity contribution in [3.05, 3.63) is 11.6 Å². The highest BCUT2D eigenvalue weighted by molar-refractivity contribution is 5.21. The van der Waals surface area contributed by atoms with E-state index in [4.69, 9.17) is 23.7 Å². The van der Waals surface area contributed by atoms with Gasteiger partial charge in [0.05, 0.1) is 31.4 Å². The molecule has 0 spiro atoms. The van der Waals surface area contributed by atoms with Crippen molar-refractivity contribution in [1.29, 1.82) is 0 Å². The lowest BCUT2D eigenvalue weighted by molar-refractivity contribution is -0.373. The Balaban J connectivity index is 1.42. The minimum Gasteiger partial charge on any atom is -0.394 e. The molecule has 0 aromatic carbocycles. The molecule has 19 atom stereocenters. The van der Waals surface area contributed by atoms with Crippen LogP contribution in [0.15, 0.2) is 11.6 Å². The number of aliphatic hydroxyl groups excluding tert-OH is 12. The summed E-state index contributed by atoms with van der Waals surface area (Å²) in [5.74, 6) is 0. The molecule has 13 N–H and O–H groups in total. The van der Waals surface area contributed by atoms with E-state index in [1.165, 1.54) is 13.0 Å². The first kappa shape index (κ1) is 35.9. The molecular formula is C26H45NO17. The zero-order valence-electron chi connectivity index (χ0n) is 24.1. The molecule has 0 bridgehead atoms. The minimum absolute atomic E-state index is 0.388.